The number of hydrogen-bond acceptors (Lipinski definition) is 3. The number of allylic oxidation sites excluding steroid dienone is 15. The van der Waals surface area contributed by atoms with Gasteiger partial charge in [0.05, 0.1) is 5.52 Å². The summed E-state index contributed by atoms with van der Waals surface area (Å²) in [5, 5.41) is 1.06. The number of aromatic nitrogens is 2. The summed E-state index contributed by atoms with van der Waals surface area (Å²) >= 11 is 0. The lowest BCUT2D eigenvalue weighted by atomic mass is 9.99. The predicted octanol–water partition coefficient (Wildman–Crippen LogP) is 9.21. The van der Waals surface area contributed by atoms with Gasteiger partial charge in [0, 0.05) is 36.4 Å². The second kappa shape index (κ2) is 14.0. The first kappa shape index (κ1) is 27.8. The van der Waals surface area contributed by atoms with E-state index in [0.29, 0.717) is 6.42 Å². The highest BCUT2D eigenvalue weighted by atomic mass is 15.1. The average Bonchev–Trinajstić information content (AvgIpc) is 3.01. The first-order valence-electron chi connectivity index (χ1n) is 14.4. The van der Waals surface area contributed by atoms with Gasteiger partial charge in [-0.05, 0) is 72.2 Å². The Balaban J connectivity index is 1.28. The third-order valence-electron chi connectivity index (χ3n) is 7.25. The highest BCUT2D eigenvalue weighted by Gasteiger charge is 2.08. The summed E-state index contributed by atoms with van der Waals surface area (Å²) in [5.41, 5.74) is 8.28. The first-order chi connectivity index (χ1) is 20.2. The van der Waals surface area contributed by atoms with Crippen molar-refractivity contribution in [3.63, 3.8) is 0 Å². The van der Waals surface area contributed by atoms with Crippen molar-refractivity contribution < 1.29 is 0 Å². The van der Waals surface area contributed by atoms with Crippen LogP contribution in [0.25, 0.3) is 16.5 Å². The molecule has 0 N–H and O–H groups in total. The molecule has 2 heterocycles. The van der Waals surface area contributed by atoms with Crippen LogP contribution in [0.5, 0.6) is 0 Å². The largest absolute Gasteiger partial charge is 0.344 e. The van der Waals surface area contributed by atoms with Crippen LogP contribution < -0.4 is 4.90 Å². The summed E-state index contributed by atoms with van der Waals surface area (Å²) in [7, 11) is 0. The number of anilines is 1. The molecular weight excluding hydrogens is 498 g/mol. The number of benzene rings is 2. The Morgan fingerprint density at radius 1 is 1.00 bits per heavy atom. The van der Waals surface area contributed by atoms with Gasteiger partial charge in [-0.1, -0.05) is 110 Å². The van der Waals surface area contributed by atoms with Crippen molar-refractivity contribution in [2.45, 2.75) is 32.6 Å². The molecule has 1 aliphatic heterocycles. The fourth-order valence-corrected chi connectivity index (χ4v) is 5.12. The van der Waals surface area contributed by atoms with Gasteiger partial charge in [-0.3, -0.25) is 0 Å². The van der Waals surface area contributed by atoms with Crippen LogP contribution in [0.15, 0.2) is 152 Å². The molecule has 0 atom stereocenters. The highest BCUT2D eigenvalue weighted by Crippen LogP contribution is 2.25. The van der Waals surface area contributed by atoms with Gasteiger partial charge in [0.25, 0.3) is 0 Å². The molecule has 41 heavy (non-hydrogen) atoms. The third kappa shape index (κ3) is 7.26. The second-order valence-electron chi connectivity index (χ2n) is 10.1. The van der Waals surface area contributed by atoms with Gasteiger partial charge in [0.1, 0.15) is 5.82 Å². The van der Waals surface area contributed by atoms with Crippen LogP contribution in [0.3, 0.4) is 0 Å². The average molecular weight is 536 g/mol. The summed E-state index contributed by atoms with van der Waals surface area (Å²) < 4.78 is 0. The van der Waals surface area contributed by atoms with Gasteiger partial charge in [-0.2, -0.15) is 0 Å². The molecule has 0 spiro atoms. The van der Waals surface area contributed by atoms with Crippen LogP contribution in [0.2, 0.25) is 0 Å². The molecule has 204 valence electrons. The van der Waals surface area contributed by atoms with Crippen LogP contribution in [0, 0.1) is 0 Å². The van der Waals surface area contributed by atoms with Gasteiger partial charge in [-0.15, -0.1) is 0 Å². The first-order valence-corrected chi connectivity index (χ1v) is 14.4. The molecule has 2 aliphatic rings. The molecule has 0 bridgehead atoms. The topological polar surface area (TPSA) is 29.0 Å². The molecule has 0 saturated carbocycles. The molecule has 0 unspecified atom stereocenters. The molecular formula is C38H37N3. The molecule has 3 heteroatoms. The lowest BCUT2D eigenvalue weighted by molar-refractivity contribution is 1.02. The van der Waals surface area contributed by atoms with Crippen molar-refractivity contribution >= 4 is 22.2 Å². The van der Waals surface area contributed by atoms with E-state index in [9.17, 15) is 0 Å². The van der Waals surface area contributed by atoms with Crippen LogP contribution in [0.4, 0.5) is 5.69 Å². The summed E-state index contributed by atoms with van der Waals surface area (Å²) in [6, 6.07) is 15.0. The minimum atomic E-state index is 0.654. The molecule has 3 nitrogen and oxygen atoms in total. The molecule has 2 aromatic carbocycles. The molecule has 0 amide bonds. The third-order valence-corrected chi connectivity index (χ3v) is 7.25. The highest BCUT2D eigenvalue weighted by molar-refractivity contribution is 5.85. The fourth-order valence-electron chi connectivity index (χ4n) is 5.12. The van der Waals surface area contributed by atoms with E-state index in [2.05, 4.69) is 139 Å². The molecule has 0 fully saturated rings. The fraction of sp³-hybridized carbons (Fsp3) is 0.158. The minimum absolute atomic E-state index is 0.654. The normalized spacial score (nSPS) is 17.4. The predicted molar refractivity (Wildman–Crippen MR) is 176 cm³/mol. The zero-order valence-electron chi connectivity index (χ0n) is 23.8. The summed E-state index contributed by atoms with van der Waals surface area (Å²) in [6.45, 7) is 6.80. The maximum Gasteiger partial charge on any atom is 0.132 e. The van der Waals surface area contributed by atoms with Gasteiger partial charge in [0.15, 0.2) is 0 Å². The molecule has 1 aliphatic carbocycles. The molecule has 1 aromatic heterocycles. The van der Waals surface area contributed by atoms with E-state index >= 15 is 0 Å². The van der Waals surface area contributed by atoms with E-state index in [-0.39, 0.29) is 0 Å². The van der Waals surface area contributed by atoms with E-state index in [0.717, 1.165) is 53.7 Å². The molecule has 0 saturated heterocycles. The van der Waals surface area contributed by atoms with E-state index in [1.54, 1.807) is 0 Å². The molecule has 0 radical (unpaired) electrons. The zero-order valence-corrected chi connectivity index (χ0v) is 23.8. The summed E-state index contributed by atoms with van der Waals surface area (Å²) in [5.74, 6) is 0.811. The second-order valence-corrected chi connectivity index (χ2v) is 10.1. The number of nitrogens with zero attached hydrogens (tertiary/aromatic N) is 3. The lowest BCUT2D eigenvalue weighted by Gasteiger charge is -2.22. The van der Waals surface area contributed by atoms with Gasteiger partial charge in [0.2, 0.25) is 0 Å². The van der Waals surface area contributed by atoms with E-state index in [1.165, 1.54) is 22.4 Å². The maximum atomic E-state index is 4.87. The Hall–Kier alpha value is -4.76. The van der Waals surface area contributed by atoms with Crippen molar-refractivity contribution in [1.82, 2.24) is 9.97 Å². The van der Waals surface area contributed by atoms with Crippen molar-refractivity contribution in [1.29, 1.82) is 0 Å². The monoisotopic (exact) mass is 535 g/mol. The lowest BCUT2D eigenvalue weighted by Crippen LogP contribution is -2.17. The molecule has 5 rings (SSSR count). The summed E-state index contributed by atoms with van der Waals surface area (Å²) in [4.78, 5) is 11.8. The Labute approximate surface area is 244 Å². The van der Waals surface area contributed by atoms with Crippen LogP contribution in [0.1, 0.15) is 36.7 Å². The zero-order chi connectivity index (χ0) is 28.3. The van der Waals surface area contributed by atoms with Crippen LogP contribution in [-0.2, 0) is 12.8 Å². The SMILES string of the molecule is C=C/C=C(\C=C/Cc1ncc2ccc(C3=CCCC=C3)cc2n1)C(/C=C\CN1/C=C\C=C/Cc2ccccc21)=C/C. The van der Waals surface area contributed by atoms with Gasteiger partial charge < -0.3 is 4.90 Å². The van der Waals surface area contributed by atoms with E-state index < -0.39 is 0 Å². The van der Waals surface area contributed by atoms with Crippen molar-refractivity contribution in [3.8, 4) is 0 Å². The van der Waals surface area contributed by atoms with Crippen molar-refractivity contribution in [3.05, 3.63) is 169 Å². The minimum Gasteiger partial charge on any atom is -0.344 e. The quantitative estimate of drug-likeness (QED) is 0.256. The Morgan fingerprint density at radius 2 is 1.90 bits per heavy atom. The molecule has 3 aromatic rings. The van der Waals surface area contributed by atoms with E-state index in [4.69, 9.17) is 4.98 Å². The Bertz CT molecular complexity index is 1640. The van der Waals surface area contributed by atoms with Gasteiger partial charge >= 0.3 is 0 Å². The Kier molecular flexibility index (Phi) is 9.52. The Morgan fingerprint density at radius 3 is 2.76 bits per heavy atom. The number of hydrogen-bond donors (Lipinski definition) is 0. The van der Waals surface area contributed by atoms with Gasteiger partial charge in [-0.25, -0.2) is 9.97 Å². The van der Waals surface area contributed by atoms with Crippen LogP contribution in [-0.4, -0.2) is 16.5 Å². The maximum absolute atomic E-state index is 4.87. The van der Waals surface area contributed by atoms with E-state index in [1.807, 2.05) is 18.3 Å². The number of fused-ring (bicyclic) bond motifs is 2. The van der Waals surface area contributed by atoms with Crippen LogP contribution >= 0.6 is 0 Å². The standard InChI is InChI=1S/C38H37N3/c1-3-15-31(30(4-2)21-14-27-41-26-12-6-9-18-33-19-10-11-22-37(33)41)20-13-23-38-39-29-35-25-24-34(28-36(35)40-38)32-16-7-5-8-17-32/h3-4,6-7,9-17,19-22,24-26,28-29H,1,5,8,18,23,27H2,2H3/b9-6-,20-13-,21-14-,26-12-,30-4+,31-15+. The van der Waals surface area contributed by atoms with Crippen molar-refractivity contribution in [2.75, 3.05) is 11.4 Å². The van der Waals surface area contributed by atoms with Crippen molar-refractivity contribution in [2.24, 2.45) is 0 Å². The summed E-state index contributed by atoms with van der Waals surface area (Å²) in [6.07, 6.45) is 35.7. The number of rotatable bonds is 9. The smallest absolute Gasteiger partial charge is 0.132 e. The number of para-hydroxylation sites is 1.